The first-order chi connectivity index (χ1) is 10.4. The first kappa shape index (κ1) is 16.4. The third-order valence-corrected chi connectivity index (χ3v) is 3.96. The number of nitrogens with one attached hydrogen (secondary N) is 1. The minimum atomic E-state index is -0.155. The highest BCUT2D eigenvalue weighted by atomic mass is 35.5. The fraction of sp³-hybridized carbons (Fsp3) is 0.278. The highest BCUT2D eigenvalue weighted by Gasteiger charge is 2.14. The highest BCUT2D eigenvalue weighted by molar-refractivity contribution is 6.32. The number of benzene rings is 2. The van der Waals surface area contributed by atoms with E-state index in [2.05, 4.69) is 23.5 Å². The molecule has 116 valence electrons. The van der Waals surface area contributed by atoms with Gasteiger partial charge in [-0.2, -0.15) is 0 Å². The monoisotopic (exact) mass is 317 g/mol. The maximum Gasteiger partial charge on any atom is 0.251 e. The van der Waals surface area contributed by atoms with Crippen molar-refractivity contribution in [1.29, 1.82) is 0 Å². The average molecular weight is 318 g/mol. The van der Waals surface area contributed by atoms with E-state index in [1.807, 2.05) is 20.8 Å². The molecule has 2 rings (SSSR count). The normalized spacial score (nSPS) is 11.9. The lowest BCUT2D eigenvalue weighted by Crippen LogP contribution is -2.27. The van der Waals surface area contributed by atoms with Gasteiger partial charge in [0.05, 0.1) is 18.2 Å². The molecule has 22 heavy (non-hydrogen) atoms. The molecule has 1 atom stereocenters. The van der Waals surface area contributed by atoms with Gasteiger partial charge in [-0.1, -0.05) is 35.4 Å². The van der Waals surface area contributed by atoms with Gasteiger partial charge in [0.2, 0.25) is 0 Å². The molecular weight excluding hydrogens is 298 g/mol. The Morgan fingerprint density at radius 3 is 2.55 bits per heavy atom. The summed E-state index contributed by atoms with van der Waals surface area (Å²) in [6.45, 7) is 6.06. The number of hydrogen-bond acceptors (Lipinski definition) is 2. The second-order valence-corrected chi connectivity index (χ2v) is 5.81. The molecule has 0 saturated carbocycles. The van der Waals surface area contributed by atoms with Crippen molar-refractivity contribution in [1.82, 2.24) is 5.32 Å². The Labute approximate surface area is 136 Å². The summed E-state index contributed by atoms with van der Waals surface area (Å²) in [5.74, 6) is 0.402. The van der Waals surface area contributed by atoms with E-state index in [1.54, 1.807) is 25.3 Å². The maximum absolute atomic E-state index is 12.4. The minimum Gasteiger partial charge on any atom is -0.495 e. The number of methoxy groups -OCH3 is 1. The molecule has 0 unspecified atom stereocenters. The molecule has 4 heteroatoms. The largest absolute Gasteiger partial charge is 0.495 e. The van der Waals surface area contributed by atoms with Gasteiger partial charge < -0.3 is 10.1 Å². The number of amides is 1. The van der Waals surface area contributed by atoms with Crippen molar-refractivity contribution in [2.45, 2.75) is 26.8 Å². The lowest BCUT2D eigenvalue weighted by Gasteiger charge is -2.17. The SMILES string of the molecule is COc1ccc(C(=O)N[C@H](C)c2cc(C)ccc2C)cc1Cl. The van der Waals surface area contributed by atoms with Gasteiger partial charge in [-0.25, -0.2) is 0 Å². The molecule has 0 radical (unpaired) electrons. The molecule has 0 aliphatic heterocycles. The van der Waals surface area contributed by atoms with Gasteiger partial charge in [-0.05, 0) is 50.1 Å². The van der Waals surface area contributed by atoms with Crippen molar-refractivity contribution < 1.29 is 9.53 Å². The molecule has 0 saturated heterocycles. The Balaban J connectivity index is 2.17. The molecule has 0 bridgehead atoms. The number of aryl methyl sites for hydroxylation is 2. The molecule has 0 spiro atoms. The molecular formula is C18H20ClNO2. The van der Waals surface area contributed by atoms with Crippen LogP contribution in [0.4, 0.5) is 0 Å². The van der Waals surface area contributed by atoms with Crippen LogP contribution < -0.4 is 10.1 Å². The van der Waals surface area contributed by atoms with Crippen LogP contribution in [0.1, 0.15) is 40.0 Å². The third kappa shape index (κ3) is 3.60. The average Bonchev–Trinajstić information content (AvgIpc) is 2.49. The van der Waals surface area contributed by atoms with Gasteiger partial charge in [0.25, 0.3) is 5.91 Å². The van der Waals surface area contributed by atoms with Crippen LogP contribution in [-0.4, -0.2) is 13.0 Å². The molecule has 1 amide bonds. The standard InChI is InChI=1S/C18H20ClNO2/c1-11-5-6-12(2)15(9-11)13(3)20-18(21)14-7-8-17(22-4)16(19)10-14/h5-10,13H,1-4H3,(H,20,21)/t13-/m1/s1. The van der Waals surface area contributed by atoms with Gasteiger partial charge in [-0.15, -0.1) is 0 Å². The van der Waals surface area contributed by atoms with Crippen LogP contribution in [0.2, 0.25) is 5.02 Å². The zero-order valence-corrected chi connectivity index (χ0v) is 14.0. The van der Waals surface area contributed by atoms with E-state index in [1.165, 1.54) is 5.56 Å². The number of hydrogen-bond donors (Lipinski definition) is 1. The predicted molar refractivity (Wildman–Crippen MR) is 89.8 cm³/mol. The van der Waals surface area contributed by atoms with Crippen molar-refractivity contribution >= 4 is 17.5 Å². The number of carbonyl (C=O) groups excluding carboxylic acids is 1. The van der Waals surface area contributed by atoms with E-state index in [-0.39, 0.29) is 11.9 Å². The molecule has 2 aromatic carbocycles. The van der Waals surface area contributed by atoms with Gasteiger partial charge in [0.15, 0.2) is 0 Å². The fourth-order valence-corrected chi connectivity index (χ4v) is 2.65. The van der Waals surface area contributed by atoms with Gasteiger partial charge in [0.1, 0.15) is 5.75 Å². The van der Waals surface area contributed by atoms with Crippen molar-refractivity contribution in [3.8, 4) is 5.75 Å². The Morgan fingerprint density at radius 1 is 1.18 bits per heavy atom. The molecule has 0 fully saturated rings. The van der Waals surface area contributed by atoms with Crippen molar-refractivity contribution in [3.05, 3.63) is 63.7 Å². The number of rotatable bonds is 4. The Kier molecular flexibility index (Phi) is 5.09. The molecule has 0 aliphatic rings. The van der Waals surface area contributed by atoms with E-state index in [4.69, 9.17) is 16.3 Å². The summed E-state index contributed by atoms with van der Waals surface area (Å²) in [5.41, 5.74) is 3.97. The zero-order valence-electron chi connectivity index (χ0n) is 13.2. The molecule has 0 aliphatic carbocycles. The summed E-state index contributed by atoms with van der Waals surface area (Å²) >= 11 is 6.07. The summed E-state index contributed by atoms with van der Waals surface area (Å²) in [6.07, 6.45) is 0. The first-order valence-corrected chi connectivity index (χ1v) is 7.51. The Hall–Kier alpha value is -2.00. The molecule has 2 aromatic rings. The quantitative estimate of drug-likeness (QED) is 0.904. The van der Waals surface area contributed by atoms with Crippen LogP contribution in [0.3, 0.4) is 0 Å². The van der Waals surface area contributed by atoms with Crippen molar-refractivity contribution in [2.24, 2.45) is 0 Å². The van der Waals surface area contributed by atoms with Gasteiger partial charge >= 0.3 is 0 Å². The lowest BCUT2D eigenvalue weighted by molar-refractivity contribution is 0.0940. The van der Waals surface area contributed by atoms with E-state index < -0.39 is 0 Å². The number of halogens is 1. The zero-order chi connectivity index (χ0) is 16.3. The van der Waals surface area contributed by atoms with Crippen LogP contribution in [0.15, 0.2) is 36.4 Å². The number of ether oxygens (including phenoxy) is 1. The second kappa shape index (κ2) is 6.84. The Bertz CT molecular complexity index is 697. The van der Waals surface area contributed by atoms with E-state index >= 15 is 0 Å². The molecule has 0 aromatic heterocycles. The fourth-order valence-electron chi connectivity index (χ4n) is 2.39. The summed E-state index contributed by atoms with van der Waals surface area (Å²) in [6, 6.07) is 11.2. The summed E-state index contributed by atoms with van der Waals surface area (Å²) < 4.78 is 5.10. The van der Waals surface area contributed by atoms with Crippen LogP contribution in [0.25, 0.3) is 0 Å². The van der Waals surface area contributed by atoms with Crippen LogP contribution in [-0.2, 0) is 0 Å². The Morgan fingerprint density at radius 2 is 1.91 bits per heavy atom. The lowest BCUT2D eigenvalue weighted by atomic mass is 9.99. The summed E-state index contributed by atoms with van der Waals surface area (Å²) in [7, 11) is 1.55. The van der Waals surface area contributed by atoms with Crippen LogP contribution in [0.5, 0.6) is 5.75 Å². The van der Waals surface area contributed by atoms with E-state index in [0.29, 0.717) is 16.3 Å². The molecule has 3 nitrogen and oxygen atoms in total. The summed E-state index contributed by atoms with van der Waals surface area (Å²) in [4.78, 5) is 12.4. The van der Waals surface area contributed by atoms with Crippen molar-refractivity contribution in [3.63, 3.8) is 0 Å². The van der Waals surface area contributed by atoms with Crippen LogP contribution >= 0.6 is 11.6 Å². The third-order valence-electron chi connectivity index (χ3n) is 3.66. The minimum absolute atomic E-state index is 0.0757. The molecule has 0 heterocycles. The summed E-state index contributed by atoms with van der Waals surface area (Å²) in [5, 5.41) is 3.43. The maximum atomic E-state index is 12.4. The highest BCUT2D eigenvalue weighted by Crippen LogP contribution is 2.25. The first-order valence-electron chi connectivity index (χ1n) is 7.14. The smallest absolute Gasteiger partial charge is 0.251 e. The second-order valence-electron chi connectivity index (χ2n) is 5.40. The topological polar surface area (TPSA) is 38.3 Å². The number of carbonyl (C=O) groups is 1. The van der Waals surface area contributed by atoms with Crippen molar-refractivity contribution in [2.75, 3.05) is 7.11 Å². The molecule has 1 N–H and O–H groups in total. The van der Waals surface area contributed by atoms with Gasteiger partial charge in [-0.3, -0.25) is 4.79 Å². The van der Waals surface area contributed by atoms with E-state index in [0.717, 1.165) is 11.1 Å². The van der Waals surface area contributed by atoms with E-state index in [9.17, 15) is 4.79 Å². The van der Waals surface area contributed by atoms with Crippen LogP contribution in [0, 0.1) is 13.8 Å². The van der Waals surface area contributed by atoms with Gasteiger partial charge in [0, 0.05) is 5.56 Å². The predicted octanol–water partition coefficient (Wildman–Crippen LogP) is 4.46.